The SMILES string of the molecule is Ic1nc2ccccn2c1-c1ccccc1. The lowest BCUT2D eigenvalue weighted by molar-refractivity contribution is 1.19. The largest absolute Gasteiger partial charge is 0.299 e. The summed E-state index contributed by atoms with van der Waals surface area (Å²) in [7, 11) is 0. The first-order chi connectivity index (χ1) is 7.86. The third-order valence-corrected chi connectivity index (χ3v) is 3.29. The van der Waals surface area contributed by atoms with E-state index in [0.717, 1.165) is 15.0 Å². The average Bonchev–Trinajstić information content (AvgIpc) is 2.66. The average molecular weight is 320 g/mol. The molecule has 3 heteroatoms. The quantitative estimate of drug-likeness (QED) is 0.626. The lowest BCUT2D eigenvalue weighted by Gasteiger charge is -2.01. The molecule has 0 N–H and O–H groups in total. The van der Waals surface area contributed by atoms with Gasteiger partial charge in [-0.15, -0.1) is 0 Å². The maximum atomic E-state index is 4.54. The molecule has 0 aliphatic heterocycles. The van der Waals surface area contributed by atoms with Crippen molar-refractivity contribution in [2.24, 2.45) is 0 Å². The Hall–Kier alpha value is -1.36. The van der Waals surface area contributed by atoms with Gasteiger partial charge in [0, 0.05) is 11.8 Å². The van der Waals surface area contributed by atoms with Gasteiger partial charge in [0.25, 0.3) is 0 Å². The zero-order valence-corrected chi connectivity index (χ0v) is 10.6. The monoisotopic (exact) mass is 320 g/mol. The molecule has 16 heavy (non-hydrogen) atoms. The number of rotatable bonds is 1. The van der Waals surface area contributed by atoms with Gasteiger partial charge >= 0.3 is 0 Å². The molecule has 0 aliphatic rings. The highest BCUT2D eigenvalue weighted by molar-refractivity contribution is 14.1. The number of benzene rings is 1. The summed E-state index contributed by atoms with van der Waals surface area (Å²) in [6.07, 6.45) is 2.05. The summed E-state index contributed by atoms with van der Waals surface area (Å²) in [6.45, 7) is 0. The van der Waals surface area contributed by atoms with Crippen molar-refractivity contribution in [1.82, 2.24) is 9.38 Å². The Morgan fingerprint density at radius 3 is 2.50 bits per heavy atom. The van der Waals surface area contributed by atoms with Crippen LogP contribution in [0.25, 0.3) is 16.9 Å². The van der Waals surface area contributed by atoms with Gasteiger partial charge in [0.1, 0.15) is 9.35 Å². The standard InChI is InChI=1S/C13H9IN2/c14-13-12(10-6-2-1-3-7-10)16-9-5-4-8-11(16)15-13/h1-9H. The molecule has 2 aromatic heterocycles. The molecule has 0 saturated carbocycles. The first-order valence-electron chi connectivity index (χ1n) is 5.04. The van der Waals surface area contributed by atoms with E-state index in [1.165, 1.54) is 5.56 Å². The summed E-state index contributed by atoms with van der Waals surface area (Å²) in [6, 6.07) is 16.4. The Bertz CT molecular complexity index is 629. The fourth-order valence-electron chi connectivity index (χ4n) is 1.82. The number of halogens is 1. The predicted octanol–water partition coefficient (Wildman–Crippen LogP) is 3.61. The van der Waals surface area contributed by atoms with Crippen LogP contribution in [0.15, 0.2) is 54.7 Å². The van der Waals surface area contributed by atoms with Crippen LogP contribution in [-0.4, -0.2) is 9.38 Å². The van der Waals surface area contributed by atoms with Crippen LogP contribution in [0, 0.1) is 3.70 Å². The highest BCUT2D eigenvalue weighted by Crippen LogP contribution is 2.25. The molecule has 2 nitrogen and oxygen atoms in total. The minimum absolute atomic E-state index is 0.991. The minimum Gasteiger partial charge on any atom is -0.299 e. The summed E-state index contributed by atoms with van der Waals surface area (Å²) in [5.74, 6) is 0. The van der Waals surface area contributed by atoms with Crippen molar-refractivity contribution in [1.29, 1.82) is 0 Å². The van der Waals surface area contributed by atoms with E-state index >= 15 is 0 Å². The van der Waals surface area contributed by atoms with Crippen molar-refractivity contribution in [2.75, 3.05) is 0 Å². The number of imidazole rings is 1. The summed E-state index contributed by atoms with van der Waals surface area (Å²) in [5, 5.41) is 0. The second-order valence-corrected chi connectivity index (χ2v) is 4.57. The summed E-state index contributed by atoms with van der Waals surface area (Å²) < 4.78 is 3.16. The maximum Gasteiger partial charge on any atom is 0.138 e. The van der Waals surface area contributed by atoms with Crippen LogP contribution in [0.4, 0.5) is 0 Å². The second kappa shape index (κ2) is 3.90. The van der Waals surface area contributed by atoms with Crippen molar-refractivity contribution in [3.05, 3.63) is 58.4 Å². The van der Waals surface area contributed by atoms with Crippen molar-refractivity contribution >= 4 is 28.2 Å². The van der Waals surface area contributed by atoms with Crippen LogP contribution in [0.2, 0.25) is 0 Å². The van der Waals surface area contributed by atoms with E-state index in [4.69, 9.17) is 0 Å². The van der Waals surface area contributed by atoms with Gasteiger partial charge in [0.2, 0.25) is 0 Å². The molecule has 0 saturated heterocycles. The van der Waals surface area contributed by atoms with E-state index in [1.54, 1.807) is 0 Å². The molecule has 0 radical (unpaired) electrons. The van der Waals surface area contributed by atoms with E-state index in [0.29, 0.717) is 0 Å². The van der Waals surface area contributed by atoms with Crippen LogP contribution in [0.3, 0.4) is 0 Å². The molecule has 0 bridgehead atoms. The molecular weight excluding hydrogens is 311 g/mol. The van der Waals surface area contributed by atoms with Crippen LogP contribution in [0.5, 0.6) is 0 Å². The predicted molar refractivity (Wildman–Crippen MR) is 73.3 cm³/mol. The number of nitrogens with zero attached hydrogens (tertiary/aromatic N) is 2. The molecule has 0 unspecified atom stereocenters. The summed E-state index contributed by atoms with van der Waals surface area (Å²) in [4.78, 5) is 4.54. The van der Waals surface area contributed by atoms with Crippen molar-refractivity contribution < 1.29 is 0 Å². The third kappa shape index (κ3) is 1.51. The highest BCUT2D eigenvalue weighted by atomic mass is 127. The van der Waals surface area contributed by atoms with Gasteiger partial charge in [-0.05, 0) is 34.7 Å². The Morgan fingerprint density at radius 2 is 1.69 bits per heavy atom. The second-order valence-electron chi connectivity index (χ2n) is 3.55. The Labute approximate surface area is 107 Å². The van der Waals surface area contributed by atoms with E-state index in [-0.39, 0.29) is 0 Å². The molecule has 78 valence electrons. The van der Waals surface area contributed by atoms with E-state index in [9.17, 15) is 0 Å². The van der Waals surface area contributed by atoms with Crippen LogP contribution < -0.4 is 0 Å². The fourth-order valence-corrected chi connectivity index (χ4v) is 2.64. The highest BCUT2D eigenvalue weighted by Gasteiger charge is 2.10. The van der Waals surface area contributed by atoms with Crippen molar-refractivity contribution in [3.63, 3.8) is 0 Å². The molecular formula is C13H9IN2. The Balaban J connectivity index is 2.35. The number of hydrogen-bond acceptors (Lipinski definition) is 1. The number of aromatic nitrogens is 2. The van der Waals surface area contributed by atoms with Gasteiger partial charge in [-0.2, -0.15) is 0 Å². The maximum absolute atomic E-state index is 4.54. The zero-order chi connectivity index (χ0) is 11.0. The van der Waals surface area contributed by atoms with Gasteiger partial charge < -0.3 is 0 Å². The summed E-state index contributed by atoms with van der Waals surface area (Å²) >= 11 is 2.29. The summed E-state index contributed by atoms with van der Waals surface area (Å²) in [5.41, 5.74) is 3.35. The van der Waals surface area contributed by atoms with Gasteiger partial charge in [-0.25, -0.2) is 4.98 Å². The Kier molecular flexibility index (Phi) is 2.40. The molecule has 3 rings (SSSR count). The van der Waals surface area contributed by atoms with Crippen molar-refractivity contribution in [3.8, 4) is 11.3 Å². The zero-order valence-electron chi connectivity index (χ0n) is 8.47. The van der Waals surface area contributed by atoms with Crippen LogP contribution >= 0.6 is 22.6 Å². The van der Waals surface area contributed by atoms with Crippen LogP contribution in [0.1, 0.15) is 0 Å². The van der Waals surface area contributed by atoms with Crippen molar-refractivity contribution in [2.45, 2.75) is 0 Å². The molecule has 0 fully saturated rings. The van der Waals surface area contributed by atoms with Gasteiger partial charge in [-0.3, -0.25) is 4.40 Å². The molecule has 0 atom stereocenters. The number of pyridine rings is 1. The molecule has 0 spiro atoms. The smallest absolute Gasteiger partial charge is 0.138 e. The molecule has 1 aromatic carbocycles. The normalized spacial score (nSPS) is 10.8. The topological polar surface area (TPSA) is 17.3 Å². The molecule has 3 aromatic rings. The minimum atomic E-state index is 0.991. The first kappa shape index (κ1) is 9.84. The van der Waals surface area contributed by atoms with E-state index < -0.39 is 0 Å². The van der Waals surface area contributed by atoms with Gasteiger partial charge in [-0.1, -0.05) is 36.4 Å². The molecule has 0 aliphatic carbocycles. The molecule has 0 amide bonds. The molecule has 2 heterocycles. The van der Waals surface area contributed by atoms with E-state index in [1.807, 2.05) is 42.6 Å². The number of fused-ring (bicyclic) bond motifs is 1. The Morgan fingerprint density at radius 1 is 0.938 bits per heavy atom. The fraction of sp³-hybridized carbons (Fsp3) is 0. The lowest BCUT2D eigenvalue weighted by Crippen LogP contribution is -1.87. The number of hydrogen-bond donors (Lipinski definition) is 0. The lowest BCUT2D eigenvalue weighted by atomic mass is 10.2. The van der Waals surface area contributed by atoms with Crippen LogP contribution in [-0.2, 0) is 0 Å². The van der Waals surface area contributed by atoms with Gasteiger partial charge in [0.15, 0.2) is 0 Å². The van der Waals surface area contributed by atoms with E-state index in [2.05, 4.69) is 44.1 Å². The van der Waals surface area contributed by atoms with Gasteiger partial charge in [0.05, 0.1) is 5.69 Å². The first-order valence-corrected chi connectivity index (χ1v) is 6.12. The third-order valence-electron chi connectivity index (χ3n) is 2.53.